The molecule has 2 aromatic heterocycles. The zero-order valence-electron chi connectivity index (χ0n) is 11.8. The minimum absolute atomic E-state index is 0.590. The number of hydrogen-bond donors (Lipinski definition) is 2. The fourth-order valence-corrected chi connectivity index (χ4v) is 2.44. The number of nitrogens with one attached hydrogen (secondary N) is 2. The summed E-state index contributed by atoms with van der Waals surface area (Å²) in [5.41, 5.74) is 4.02. The first-order valence-electron chi connectivity index (χ1n) is 7.11. The first-order valence-corrected chi connectivity index (χ1v) is 7.11. The molecule has 0 saturated heterocycles. The third kappa shape index (κ3) is 2.42. The molecule has 22 heavy (non-hydrogen) atoms. The van der Waals surface area contributed by atoms with Gasteiger partial charge < -0.3 is 10.3 Å². The summed E-state index contributed by atoms with van der Waals surface area (Å²) in [7, 11) is 0. The van der Waals surface area contributed by atoms with Crippen LogP contribution in [0.4, 0.5) is 11.6 Å². The van der Waals surface area contributed by atoms with Crippen LogP contribution in [0.25, 0.3) is 22.2 Å². The molecule has 4 heteroatoms. The number of benzene rings is 2. The molecule has 0 aliphatic rings. The summed E-state index contributed by atoms with van der Waals surface area (Å²) in [5, 5.41) is 4.44. The van der Waals surface area contributed by atoms with Crippen LogP contribution in [0.5, 0.6) is 0 Å². The fourth-order valence-electron chi connectivity index (χ4n) is 2.44. The standard InChI is InChI=1S/C18H14N4/c1-2-4-13(5-3-1)16-9-11-20-18(22-16)21-15-7-6-14-8-10-19-17(14)12-15/h1-12,19H,(H,20,21,22). The third-order valence-electron chi connectivity index (χ3n) is 3.54. The molecule has 0 spiro atoms. The molecule has 0 saturated carbocycles. The molecule has 0 aliphatic carbocycles. The number of aromatic nitrogens is 3. The van der Waals surface area contributed by atoms with Crippen molar-refractivity contribution in [2.75, 3.05) is 5.32 Å². The van der Waals surface area contributed by atoms with Gasteiger partial charge in [-0.05, 0) is 29.7 Å². The largest absolute Gasteiger partial charge is 0.361 e. The van der Waals surface area contributed by atoms with Crippen molar-refractivity contribution in [3.63, 3.8) is 0 Å². The molecule has 2 aromatic carbocycles. The Bertz CT molecular complexity index is 912. The highest BCUT2D eigenvalue weighted by Gasteiger charge is 2.03. The van der Waals surface area contributed by atoms with Gasteiger partial charge in [-0.1, -0.05) is 36.4 Å². The van der Waals surface area contributed by atoms with Gasteiger partial charge in [0.25, 0.3) is 0 Å². The van der Waals surface area contributed by atoms with Crippen LogP contribution >= 0.6 is 0 Å². The minimum atomic E-state index is 0.590. The summed E-state index contributed by atoms with van der Waals surface area (Å²) in [6, 6.07) is 20.2. The van der Waals surface area contributed by atoms with E-state index in [1.54, 1.807) is 6.20 Å². The van der Waals surface area contributed by atoms with Gasteiger partial charge in [0, 0.05) is 29.2 Å². The SMILES string of the molecule is c1ccc(-c2ccnc(Nc3ccc4cc[nH]c4c3)n2)cc1. The molecule has 0 fully saturated rings. The zero-order valence-corrected chi connectivity index (χ0v) is 11.8. The Hall–Kier alpha value is -3.14. The highest BCUT2D eigenvalue weighted by Crippen LogP contribution is 2.21. The van der Waals surface area contributed by atoms with E-state index in [1.165, 1.54) is 5.39 Å². The normalized spacial score (nSPS) is 10.7. The van der Waals surface area contributed by atoms with Gasteiger partial charge in [-0.2, -0.15) is 0 Å². The lowest BCUT2D eigenvalue weighted by Gasteiger charge is -2.07. The quantitative estimate of drug-likeness (QED) is 0.588. The molecule has 4 aromatic rings. The maximum Gasteiger partial charge on any atom is 0.227 e. The number of aromatic amines is 1. The average Bonchev–Trinajstić information content (AvgIpc) is 3.04. The van der Waals surface area contributed by atoms with Crippen molar-refractivity contribution < 1.29 is 0 Å². The van der Waals surface area contributed by atoms with E-state index in [-0.39, 0.29) is 0 Å². The number of nitrogens with zero attached hydrogens (tertiary/aromatic N) is 2. The van der Waals surface area contributed by atoms with E-state index in [4.69, 9.17) is 0 Å². The average molecular weight is 286 g/mol. The maximum atomic E-state index is 4.57. The van der Waals surface area contributed by atoms with Gasteiger partial charge in [0.1, 0.15) is 0 Å². The van der Waals surface area contributed by atoms with Crippen molar-refractivity contribution >= 4 is 22.5 Å². The number of H-pyrrole nitrogens is 1. The Labute approximate surface area is 127 Å². The van der Waals surface area contributed by atoms with E-state index >= 15 is 0 Å². The summed E-state index contributed by atoms with van der Waals surface area (Å²) < 4.78 is 0. The second-order valence-corrected chi connectivity index (χ2v) is 5.04. The molecule has 0 atom stereocenters. The molecular formula is C18H14N4. The third-order valence-corrected chi connectivity index (χ3v) is 3.54. The lowest BCUT2D eigenvalue weighted by Crippen LogP contribution is -1.97. The first-order chi connectivity index (χ1) is 10.9. The van der Waals surface area contributed by atoms with E-state index in [0.29, 0.717) is 5.95 Å². The van der Waals surface area contributed by atoms with Gasteiger partial charge in [0.05, 0.1) is 5.69 Å². The van der Waals surface area contributed by atoms with Crippen LogP contribution in [0.1, 0.15) is 0 Å². The lowest BCUT2D eigenvalue weighted by atomic mass is 10.1. The monoisotopic (exact) mass is 286 g/mol. The molecule has 2 heterocycles. The molecule has 4 nitrogen and oxygen atoms in total. The van der Waals surface area contributed by atoms with Gasteiger partial charge in [0.2, 0.25) is 5.95 Å². The van der Waals surface area contributed by atoms with Crippen LogP contribution in [0.3, 0.4) is 0 Å². The van der Waals surface area contributed by atoms with Crippen LogP contribution in [0.15, 0.2) is 73.1 Å². The van der Waals surface area contributed by atoms with Crippen LogP contribution in [0, 0.1) is 0 Å². The maximum absolute atomic E-state index is 4.57. The number of hydrogen-bond acceptors (Lipinski definition) is 3. The Morgan fingerprint density at radius 3 is 2.73 bits per heavy atom. The van der Waals surface area contributed by atoms with Gasteiger partial charge in [0.15, 0.2) is 0 Å². The Kier molecular flexibility index (Phi) is 3.05. The van der Waals surface area contributed by atoms with E-state index in [2.05, 4.69) is 26.3 Å². The van der Waals surface area contributed by atoms with Crippen molar-refractivity contribution in [2.45, 2.75) is 0 Å². The number of anilines is 2. The summed E-state index contributed by atoms with van der Waals surface area (Å²) in [6.07, 6.45) is 3.70. The van der Waals surface area contributed by atoms with Gasteiger partial charge in [-0.3, -0.25) is 0 Å². The van der Waals surface area contributed by atoms with Gasteiger partial charge >= 0.3 is 0 Å². The molecule has 106 valence electrons. The number of rotatable bonds is 3. The Morgan fingerprint density at radius 2 is 1.82 bits per heavy atom. The summed E-state index contributed by atoms with van der Waals surface area (Å²) in [4.78, 5) is 12.1. The highest BCUT2D eigenvalue weighted by atomic mass is 15.1. The van der Waals surface area contributed by atoms with Gasteiger partial charge in [-0.25, -0.2) is 9.97 Å². The van der Waals surface area contributed by atoms with Crippen molar-refractivity contribution in [1.29, 1.82) is 0 Å². The predicted octanol–water partition coefficient (Wildman–Crippen LogP) is 4.37. The van der Waals surface area contributed by atoms with Crippen LogP contribution in [-0.2, 0) is 0 Å². The van der Waals surface area contributed by atoms with Crippen molar-refractivity contribution in [1.82, 2.24) is 15.0 Å². The molecular weight excluding hydrogens is 272 g/mol. The molecule has 0 amide bonds. The summed E-state index contributed by atoms with van der Waals surface area (Å²) in [5.74, 6) is 0.590. The summed E-state index contributed by atoms with van der Waals surface area (Å²) in [6.45, 7) is 0. The summed E-state index contributed by atoms with van der Waals surface area (Å²) >= 11 is 0. The molecule has 0 radical (unpaired) electrons. The first kappa shape index (κ1) is 12.6. The zero-order chi connectivity index (χ0) is 14.8. The number of fused-ring (bicyclic) bond motifs is 1. The lowest BCUT2D eigenvalue weighted by molar-refractivity contribution is 1.17. The minimum Gasteiger partial charge on any atom is -0.361 e. The topological polar surface area (TPSA) is 53.6 Å². The molecule has 0 aliphatic heterocycles. The second-order valence-electron chi connectivity index (χ2n) is 5.04. The van der Waals surface area contributed by atoms with E-state index < -0.39 is 0 Å². The van der Waals surface area contributed by atoms with E-state index in [1.807, 2.05) is 60.8 Å². The van der Waals surface area contributed by atoms with Crippen LogP contribution < -0.4 is 5.32 Å². The van der Waals surface area contributed by atoms with Crippen molar-refractivity contribution in [3.05, 3.63) is 73.1 Å². The molecule has 0 bridgehead atoms. The van der Waals surface area contributed by atoms with Crippen LogP contribution in [0.2, 0.25) is 0 Å². The Balaban J connectivity index is 1.65. The molecule has 2 N–H and O–H groups in total. The Morgan fingerprint density at radius 1 is 0.909 bits per heavy atom. The van der Waals surface area contributed by atoms with Crippen molar-refractivity contribution in [2.24, 2.45) is 0 Å². The fraction of sp³-hybridized carbons (Fsp3) is 0. The van der Waals surface area contributed by atoms with Crippen LogP contribution in [-0.4, -0.2) is 15.0 Å². The van der Waals surface area contributed by atoms with Gasteiger partial charge in [-0.15, -0.1) is 0 Å². The van der Waals surface area contributed by atoms with E-state index in [0.717, 1.165) is 22.5 Å². The second kappa shape index (κ2) is 5.33. The predicted molar refractivity (Wildman–Crippen MR) is 89.0 cm³/mol. The highest BCUT2D eigenvalue weighted by molar-refractivity contribution is 5.83. The molecule has 4 rings (SSSR count). The smallest absolute Gasteiger partial charge is 0.227 e. The van der Waals surface area contributed by atoms with Crippen molar-refractivity contribution in [3.8, 4) is 11.3 Å². The van der Waals surface area contributed by atoms with E-state index in [9.17, 15) is 0 Å². The molecule has 0 unspecified atom stereocenters.